The molecule has 4 aliphatic rings. The molecule has 0 saturated carbocycles. The predicted molar refractivity (Wildman–Crippen MR) is 70.8 cm³/mol. The Morgan fingerprint density at radius 1 is 1.17 bits per heavy atom. The Balaban J connectivity index is 1.59. The fourth-order valence-electron chi connectivity index (χ4n) is 3.61. The summed E-state index contributed by atoms with van der Waals surface area (Å²) in [6.07, 6.45) is 2.55. The monoisotopic (exact) mass is 242 g/mol. The summed E-state index contributed by atoms with van der Waals surface area (Å²) in [5.74, 6) is 1.55. The number of fused-ring (bicyclic) bond motifs is 2. The molecule has 1 aromatic carbocycles. The molecule has 1 aromatic rings. The lowest BCUT2D eigenvalue weighted by Gasteiger charge is -2.50. The molecule has 5 rings (SSSR count). The van der Waals surface area contributed by atoms with Gasteiger partial charge in [-0.1, -0.05) is 18.2 Å². The molecule has 3 heteroatoms. The van der Waals surface area contributed by atoms with E-state index in [0.717, 1.165) is 24.6 Å². The van der Waals surface area contributed by atoms with E-state index in [1.54, 1.807) is 0 Å². The summed E-state index contributed by atoms with van der Waals surface area (Å²) in [5.41, 5.74) is 1.10. The predicted octanol–water partition coefficient (Wildman–Crippen LogP) is 1.93. The first-order valence-electron chi connectivity index (χ1n) is 6.87. The number of piperidine rings is 3. The Morgan fingerprint density at radius 2 is 1.94 bits per heavy atom. The minimum absolute atomic E-state index is 0.0122. The molecule has 94 valence electrons. The molecule has 0 amide bonds. The van der Waals surface area contributed by atoms with Gasteiger partial charge in [0, 0.05) is 18.0 Å². The van der Waals surface area contributed by atoms with E-state index in [1.807, 2.05) is 18.2 Å². The second-order valence-electron chi connectivity index (χ2n) is 5.70. The van der Waals surface area contributed by atoms with Crippen molar-refractivity contribution in [2.75, 3.05) is 26.2 Å². The van der Waals surface area contributed by atoms with E-state index in [2.05, 4.69) is 22.0 Å². The van der Waals surface area contributed by atoms with Crippen LogP contribution < -0.4 is 0 Å². The molecule has 0 aromatic heterocycles. The highest BCUT2D eigenvalue weighted by Gasteiger charge is 2.51. The maximum atomic E-state index is 6.32. The van der Waals surface area contributed by atoms with Gasteiger partial charge >= 0.3 is 0 Å². The minimum atomic E-state index is -0.0122. The first-order valence-corrected chi connectivity index (χ1v) is 6.87. The molecule has 4 heterocycles. The van der Waals surface area contributed by atoms with Gasteiger partial charge in [0.15, 0.2) is 0 Å². The van der Waals surface area contributed by atoms with Crippen molar-refractivity contribution in [1.82, 2.24) is 4.90 Å². The largest absolute Gasteiger partial charge is 0.467 e. The van der Waals surface area contributed by atoms with Crippen LogP contribution in [0.3, 0.4) is 0 Å². The summed E-state index contributed by atoms with van der Waals surface area (Å²) in [6.45, 7) is 4.41. The van der Waals surface area contributed by atoms with Gasteiger partial charge in [-0.05, 0) is 38.1 Å². The first-order chi connectivity index (χ1) is 8.86. The number of hydrogen-bond acceptors (Lipinski definition) is 3. The second kappa shape index (κ2) is 3.82. The number of hydrogen-bond donors (Lipinski definition) is 0. The molecule has 1 spiro atoms. The van der Waals surface area contributed by atoms with Gasteiger partial charge in [-0.3, -0.25) is 4.90 Å². The molecule has 4 aliphatic heterocycles. The van der Waals surface area contributed by atoms with E-state index in [1.165, 1.54) is 25.9 Å². The molecular formula is C15H18N2O. The highest BCUT2D eigenvalue weighted by atomic mass is 16.5. The Morgan fingerprint density at radius 3 is 2.61 bits per heavy atom. The van der Waals surface area contributed by atoms with Gasteiger partial charge in [-0.2, -0.15) is 0 Å². The van der Waals surface area contributed by atoms with Crippen LogP contribution in [0.15, 0.2) is 35.3 Å². The number of nitrogens with zero attached hydrogens (tertiary/aromatic N) is 2. The van der Waals surface area contributed by atoms with Crippen LogP contribution in [0, 0.1) is 5.92 Å². The van der Waals surface area contributed by atoms with Crippen LogP contribution in [0.5, 0.6) is 0 Å². The van der Waals surface area contributed by atoms with Crippen LogP contribution in [0.1, 0.15) is 18.4 Å². The Bertz CT molecular complexity index is 477. The van der Waals surface area contributed by atoms with E-state index >= 15 is 0 Å². The van der Waals surface area contributed by atoms with Crippen LogP contribution in [0.4, 0.5) is 0 Å². The Hall–Kier alpha value is -1.35. The zero-order valence-corrected chi connectivity index (χ0v) is 10.5. The van der Waals surface area contributed by atoms with Crippen molar-refractivity contribution in [1.29, 1.82) is 0 Å². The summed E-state index contributed by atoms with van der Waals surface area (Å²) in [4.78, 5) is 7.20. The molecule has 0 aliphatic carbocycles. The quantitative estimate of drug-likeness (QED) is 0.751. The van der Waals surface area contributed by atoms with Crippen LogP contribution in [0.25, 0.3) is 0 Å². The molecule has 0 N–H and O–H groups in total. The number of ether oxygens (including phenoxy) is 1. The van der Waals surface area contributed by atoms with E-state index in [0.29, 0.717) is 5.92 Å². The molecule has 0 radical (unpaired) electrons. The van der Waals surface area contributed by atoms with Gasteiger partial charge in [0.1, 0.15) is 5.60 Å². The molecule has 2 bridgehead atoms. The van der Waals surface area contributed by atoms with Gasteiger partial charge in [-0.25, -0.2) is 4.99 Å². The van der Waals surface area contributed by atoms with Crippen molar-refractivity contribution >= 4 is 5.90 Å². The molecular weight excluding hydrogens is 224 g/mol. The van der Waals surface area contributed by atoms with Crippen LogP contribution in [0.2, 0.25) is 0 Å². The molecule has 1 unspecified atom stereocenters. The normalized spacial score (nSPS) is 37.7. The SMILES string of the molecule is c1ccc(C2=NCC3(CN4CCC3CC4)O2)cc1. The minimum Gasteiger partial charge on any atom is -0.467 e. The van der Waals surface area contributed by atoms with E-state index < -0.39 is 0 Å². The fourth-order valence-corrected chi connectivity index (χ4v) is 3.61. The van der Waals surface area contributed by atoms with Gasteiger partial charge < -0.3 is 4.74 Å². The second-order valence-corrected chi connectivity index (χ2v) is 5.70. The van der Waals surface area contributed by atoms with Gasteiger partial charge in [0.25, 0.3) is 0 Å². The Labute approximate surface area is 107 Å². The average molecular weight is 242 g/mol. The van der Waals surface area contributed by atoms with Gasteiger partial charge in [-0.15, -0.1) is 0 Å². The third-order valence-corrected chi connectivity index (χ3v) is 4.63. The van der Waals surface area contributed by atoms with Crippen molar-refractivity contribution in [2.45, 2.75) is 18.4 Å². The lowest BCUT2D eigenvalue weighted by atomic mass is 9.75. The molecule has 3 saturated heterocycles. The maximum absolute atomic E-state index is 6.32. The highest BCUT2D eigenvalue weighted by Crippen LogP contribution is 2.41. The zero-order valence-electron chi connectivity index (χ0n) is 10.5. The molecule has 1 atom stereocenters. The average Bonchev–Trinajstić information content (AvgIpc) is 2.85. The molecule has 18 heavy (non-hydrogen) atoms. The molecule has 3 nitrogen and oxygen atoms in total. The van der Waals surface area contributed by atoms with Crippen LogP contribution in [-0.2, 0) is 4.74 Å². The topological polar surface area (TPSA) is 24.8 Å². The van der Waals surface area contributed by atoms with E-state index in [4.69, 9.17) is 4.74 Å². The lowest BCUT2D eigenvalue weighted by Crippen LogP contribution is -2.60. The summed E-state index contributed by atoms with van der Waals surface area (Å²) >= 11 is 0. The van der Waals surface area contributed by atoms with Crippen molar-refractivity contribution in [2.24, 2.45) is 10.9 Å². The van der Waals surface area contributed by atoms with E-state index in [-0.39, 0.29) is 5.60 Å². The smallest absolute Gasteiger partial charge is 0.216 e. The fraction of sp³-hybridized carbons (Fsp3) is 0.533. The third-order valence-electron chi connectivity index (χ3n) is 4.63. The van der Waals surface area contributed by atoms with Crippen molar-refractivity contribution < 1.29 is 4.74 Å². The standard InChI is InChI=1S/C15H18N2O/c1-2-4-12(5-3-1)14-16-10-15(18-14)11-17-8-6-13(15)7-9-17/h1-5,13H,6-11H2. The van der Waals surface area contributed by atoms with Crippen LogP contribution >= 0.6 is 0 Å². The summed E-state index contributed by atoms with van der Waals surface area (Å²) in [6, 6.07) is 10.3. The third kappa shape index (κ3) is 1.50. The number of rotatable bonds is 1. The summed E-state index contributed by atoms with van der Waals surface area (Å²) in [7, 11) is 0. The maximum Gasteiger partial charge on any atom is 0.216 e. The summed E-state index contributed by atoms with van der Waals surface area (Å²) < 4.78 is 6.32. The zero-order chi connectivity index (χ0) is 12.0. The van der Waals surface area contributed by atoms with Crippen molar-refractivity contribution in [3.05, 3.63) is 35.9 Å². The Kier molecular flexibility index (Phi) is 2.24. The van der Waals surface area contributed by atoms with Crippen molar-refractivity contribution in [3.63, 3.8) is 0 Å². The van der Waals surface area contributed by atoms with E-state index in [9.17, 15) is 0 Å². The summed E-state index contributed by atoms with van der Waals surface area (Å²) in [5, 5.41) is 0. The highest BCUT2D eigenvalue weighted by molar-refractivity contribution is 5.95. The van der Waals surface area contributed by atoms with Gasteiger partial charge in [0.05, 0.1) is 6.54 Å². The number of benzene rings is 1. The first kappa shape index (κ1) is 10.6. The molecule has 3 fully saturated rings. The number of aliphatic imine (C=N–C) groups is 1. The van der Waals surface area contributed by atoms with Crippen molar-refractivity contribution in [3.8, 4) is 0 Å². The van der Waals surface area contributed by atoms with Gasteiger partial charge in [0.2, 0.25) is 5.90 Å². The lowest BCUT2D eigenvalue weighted by molar-refractivity contribution is -0.0825. The van der Waals surface area contributed by atoms with Crippen LogP contribution in [-0.4, -0.2) is 42.6 Å².